The van der Waals surface area contributed by atoms with Gasteiger partial charge in [0, 0.05) is 6.42 Å². The first kappa shape index (κ1) is 16.2. The fraction of sp³-hybridized carbons (Fsp3) is 0.895. The van der Waals surface area contributed by atoms with Crippen molar-refractivity contribution in [2.75, 3.05) is 0 Å². The van der Waals surface area contributed by atoms with E-state index >= 15 is 0 Å². The number of rotatable bonds is 0. The van der Waals surface area contributed by atoms with Gasteiger partial charge in [-0.25, -0.2) is 0 Å². The van der Waals surface area contributed by atoms with Gasteiger partial charge in [0.2, 0.25) is 0 Å². The zero-order chi connectivity index (χ0) is 16.6. The van der Waals surface area contributed by atoms with E-state index in [-0.39, 0.29) is 40.8 Å². The Labute approximate surface area is 134 Å². The summed E-state index contributed by atoms with van der Waals surface area (Å²) in [4.78, 5) is 26.5. The molecule has 2 aliphatic heterocycles. The maximum atomic E-state index is 13.4. The van der Waals surface area contributed by atoms with Crippen LogP contribution in [0.3, 0.4) is 0 Å². The predicted octanol–water partition coefficient (Wildman–Crippen LogP) is 3.93. The van der Waals surface area contributed by atoms with Crippen LogP contribution in [0.25, 0.3) is 0 Å². The third-order valence-electron chi connectivity index (χ3n) is 6.46. The molecule has 0 aromatic carbocycles. The lowest BCUT2D eigenvalue weighted by molar-refractivity contribution is -0.194. The second kappa shape index (κ2) is 4.43. The zero-order valence-electron chi connectivity index (χ0n) is 14.9. The molecule has 3 nitrogen and oxygen atoms in total. The molecule has 0 aromatic rings. The fourth-order valence-corrected chi connectivity index (χ4v) is 5.08. The van der Waals surface area contributed by atoms with Crippen LogP contribution in [0.2, 0.25) is 0 Å². The van der Waals surface area contributed by atoms with Gasteiger partial charge in [-0.1, -0.05) is 54.4 Å². The van der Waals surface area contributed by atoms with E-state index in [2.05, 4.69) is 20.8 Å². The molecule has 124 valence electrons. The second-order valence-electron chi connectivity index (χ2n) is 9.79. The Kier molecular flexibility index (Phi) is 3.26. The van der Waals surface area contributed by atoms with Crippen molar-refractivity contribution >= 4 is 11.6 Å². The van der Waals surface area contributed by atoms with Gasteiger partial charge >= 0.3 is 0 Å². The lowest BCUT2D eigenvalue weighted by atomic mass is 9.66. The lowest BCUT2D eigenvalue weighted by Gasteiger charge is -2.48. The highest BCUT2D eigenvalue weighted by atomic mass is 16.5. The minimum Gasteiger partial charge on any atom is -0.361 e. The molecule has 3 fully saturated rings. The summed E-state index contributed by atoms with van der Waals surface area (Å²) in [7, 11) is 0. The Morgan fingerprint density at radius 3 is 2.00 bits per heavy atom. The van der Waals surface area contributed by atoms with Crippen LogP contribution >= 0.6 is 0 Å². The Morgan fingerprint density at radius 2 is 1.55 bits per heavy atom. The molecule has 3 atom stereocenters. The molecule has 0 radical (unpaired) electrons. The highest BCUT2D eigenvalue weighted by Gasteiger charge is 2.72. The van der Waals surface area contributed by atoms with Crippen molar-refractivity contribution in [1.82, 2.24) is 0 Å². The Morgan fingerprint density at radius 1 is 1.00 bits per heavy atom. The van der Waals surface area contributed by atoms with Crippen LogP contribution in [0.1, 0.15) is 73.6 Å². The summed E-state index contributed by atoms with van der Waals surface area (Å²) in [6, 6.07) is 0. The Hall–Kier alpha value is -0.700. The summed E-state index contributed by atoms with van der Waals surface area (Å²) >= 11 is 0. The number of carbonyl (C=O) groups excluding carboxylic acids is 2. The summed E-state index contributed by atoms with van der Waals surface area (Å²) in [6.45, 7) is 12.4. The molecule has 2 saturated heterocycles. The first-order chi connectivity index (χ1) is 9.96. The van der Waals surface area contributed by atoms with Gasteiger partial charge in [-0.15, -0.1) is 0 Å². The smallest absolute Gasteiger partial charge is 0.171 e. The third-order valence-corrected chi connectivity index (χ3v) is 6.46. The molecule has 2 heterocycles. The van der Waals surface area contributed by atoms with Gasteiger partial charge in [-0.05, 0) is 23.7 Å². The van der Waals surface area contributed by atoms with Crippen molar-refractivity contribution in [1.29, 1.82) is 0 Å². The van der Waals surface area contributed by atoms with Crippen molar-refractivity contribution in [2.24, 2.45) is 22.2 Å². The summed E-state index contributed by atoms with van der Waals surface area (Å²) in [6.07, 6.45) is 4.02. The molecule has 0 aromatic heterocycles. The molecular formula is C19H30O3. The molecule has 3 unspecified atom stereocenters. The number of Topliss-reactive ketones (excluding diaryl/α,β-unsaturated/α-hetero) is 2. The minimum absolute atomic E-state index is 0.170. The summed E-state index contributed by atoms with van der Waals surface area (Å²) < 4.78 is 6.54. The summed E-state index contributed by atoms with van der Waals surface area (Å²) in [5, 5.41) is 0. The van der Waals surface area contributed by atoms with Crippen LogP contribution in [0.15, 0.2) is 0 Å². The number of ketones is 2. The average molecular weight is 306 g/mol. The standard InChI is InChI=1S/C19H30O3/c1-16(2,3)13-14(21)19(17(4,5)6)11-12(20)18(15(13)22-19)9-7-8-10-18/h13,15H,7-11H2,1-6H3. The minimum atomic E-state index is -0.916. The molecular weight excluding hydrogens is 276 g/mol. The van der Waals surface area contributed by atoms with Crippen LogP contribution in [0.4, 0.5) is 0 Å². The van der Waals surface area contributed by atoms with Crippen molar-refractivity contribution in [2.45, 2.75) is 85.4 Å². The largest absolute Gasteiger partial charge is 0.361 e. The molecule has 3 heteroatoms. The fourth-order valence-electron chi connectivity index (χ4n) is 5.08. The van der Waals surface area contributed by atoms with E-state index in [0.717, 1.165) is 25.7 Å². The number of hydrogen-bond donors (Lipinski definition) is 0. The molecule has 3 rings (SSSR count). The van der Waals surface area contributed by atoms with Gasteiger partial charge in [0.1, 0.15) is 11.4 Å². The average Bonchev–Trinajstić information content (AvgIpc) is 2.90. The van der Waals surface area contributed by atoms with Gasteiger partial charge in [-0.3, -0.25) is 9.59 Å². The van der Waals surface area contributed by atoms with E-state index < -0.39 is 11.0 Å². The van der Waals surface area contributed by atoms with E-state index in [1.807, 2.05) is 20.8 Å². The van der Waals surface area contributed by atoms with Crippen molar-refractivity contribution < 1.29 is 14.3 Å². The number of ether oxygens (including phenoxy) is 1. The number of fused-ring (bicyclic) bond motifs is 3. The molecule has 2 bridgehead atoms. The maximum absolute atomic E-state index is 13.4. The van der Waals surface area contributed by atoms with Gasteiger partial charge in [0.15, 0.2) is 5.78 Å². The third kappa shape index (κ3) is 1.84. The molecule has 0 N–H and O–H groups in total. The maximum Gasteiger partial charge on any atom is 0.171 e. The van der Waals surface area contributed by atoms with E-state index in [1.54, 1.807) is 0 Å². The molecule has 1 aliphatic carbocycles. The Balaban J connectivity index is 2.16. The summed E-state index contributed by atoms with van der Waals surface area (Å²) in [5.74, 6) is 0.294. The molecule has 3 aliphatic rings. The second-order valence-corrected chi connectivity index (χ2v) is 9.79. The van der Waals surface area contributed by atoms with Crippen LogP contribution in [0, 0.1) is 22.2 Å². The van der Waals surface area contributed by atoms with Crippen molar-refractivity contribution in [3.8, 4) is 0 Å². The number of hydrogen-bond acceptors (Lipinski definition) is 3. The monoisotopic (exact) mass is 306 g/mol. The van der Waals surface area contributed by atoms with E-state index in [1.165, 1.54) is 0 Å². The lowest BCUT2D eigenvalue weighted by Crippen LogP contribution is -2.57. The quantitative estimate of drug-likeness (QED) is 0.681. The topological polar surface area (TPSA) is 43.4 Å². The van der Waals surface area contributed by atoms with E-state index in [4.69, 9.17) is 4.74 Å². The van der Waals surface area contributed by atoms with Crippen molar-refractivity contribution in [3.63, 3.8) is 0 Å². The zero-order valence-corrected chi connectivity index (χ0v) is 14.9. The molecule has 1 saturated carbocycles. The normalized spacial score (nSPS) is 38.1. The van der Waals surface area contributed by atoms with Crippen LogP contribution < -0.4 is 0 Å². The van der Waals surface area contributed by atoms with E-state index in [0.29, 0.717) is 0 Å². The van der Waals surface area contributed by atoms with Gasteiger partial charge < -0.3 is 4.74 Å². The van der Waals surface area contributed by atoms with Gasteiger partial charge in [0.05, 0.1) is 17.4 Å². The molecule has 0 amide bonds. The van der Waals surface area contributed by atoms with Crippen LogP contribution in [0.5, 0.6) is 0 Å². The summed E-state index contributed by atoms with van der Waals surface area (Å²) in [5.41, 5.74) is -1.83. The van der Waals surface area contributed by atoms with Crippen LogP contribution in [-0.2, 0) is 14.3 Å². The van der Waals surface area contributed by atoms with E-state index in [9.17, 15) is 9.59 Å². The molecule has 1 spiro atoms. The molecule has 22 heavy (non-hydrogen) atoms. The van der Waals surface area contributed by atoms with Gasteiger partial charge in [-0.2, -0.15) is 0 Å². The highest BCUT2D eigenvalue weighted by Crippen LogP contribution is 2.62. The SMILES string of the molecule is CC(C)(C)C1C(=O)C2(C(C)(C)C)CC(=O)C3(CCCC3)C1O2. The number of carbonyl (C=O) groups is 2. The Bertz CT molecular complexity index is 514. The van der Waals surface area contributed by atoms with Crippen LogP contribution in [-0.4, -0.2) is 23.3 Å². The predicted molar refractivity (Wildman–Crippen MR) is 85.5 cm³/mol. The first-order valence-corrected chi connectivity index (χ1v) is 8.71. The highest BCUT2D eigenvalue weighted by molar-refractivity contribution is 6.03. The first-order valence-electron chi connectivity index (χ1n) is 8.71. The van der Waals surface area contributed by atoms with Gasteiger partial charge in [0.25, 0.3) is 0 Å². The van der Waals surface area contributed by atoms with Crippen molar-refractivity contribution in [3.05, 3.63) is 0 Å².